The van der Waals surface area contributed by atoms with E-state index in [-0.39, 0.29) is 5.91 Å². The standard InChI is InChI=1S/C23H20N2O3/c1-28-23(27)18-12-6-5-11-17(18)21-24-20-14-8-7-13-19(20)22(26)25(21)15-16-9-3-2-4-10-16/h2-14,21,24H,15H2,1H3/t21-/m1/s1. The number of para-hydroxylation sites is 1. The molecule has 5 nitrogen and oxygen atoms in total. The van der Waals surface area contributed by atoms with Crippen LogP contribution in [0.15, 0.2) is 78.9 Å². The van der Waals surface area contributed by atoms with Gasteiger partial charge in [-0.3, -0.25) is 4.79 Å². The highest BCUT2D eigenvalue weighted by atomic mass is 16.5. The summed E-state index contributed by atoms with van der Waals surface area (Å²) in [5.41, 5.74) is 3.52. The number of methoxy groups -OCH3 is 1. The molecule has 4 rings (SSSR count). The van der Waals surface area contributed by atoms with E-state index in [9.17, 15) is 9.59 Å². The zero-order valence-corrected chi connectivity index (χ0v) is 15.5. The molecular weight excluding hydrogens is 352 g/mol. The van der Waals surface area contributed by atoms with Crippen molar-refractivity contribution in [3.8, 4) is 0 Å². The number of esters is 1. The van der Waals surface area contributed by atoms with Gasteiger partial charge in [0.25, 0.3) is 5.91 Å². The second-order valence-electron chi connectivity index (χ2n) is 6.59. The second-order valence-corrected chi connectivity index (χ2v) is 6.59. The maximum atomic E-state index is 13.3. The molecule has 140 valence electrons. The average Bonchev–Trinajstić information content (AvgIpc) is 2.76. The van der Waals surface area contributed by atoms with Crippen molar-refractivity contribution < 1.29 is 14.3 Å². The van der Waals surface area contributed by atoms with E-state index < -0.39 is 12.1 Å². The minimum atomic E-state index is -0.488. The lowest BCUT2D eigenvalue weighted by atomic mass is 9.99. The summed E-state index contributed by atoms with van der Waals surface area (Å²) in [5.74, 6) is -0.508. The number of hydrogen-bond donors (Lipinski definition) is 1. The highest BCUT2D eigenvalue weighted by Gasteiger charge is 2.34. The predicted octanol–water partition coefficient (Wildman–Crippen LogP) is 4.24. The van der Waals surface area contributed by atoms with Crippen LogP contribution >= 0.6 is 0 Å². The first-order valence-corrected chi connectivity index (χ1v) is 9.06. The Balaban J connectivity index is 1.81. The lowest BCUT2D eigenvalue weighted by Crippen LogP contribution is -2.43. The minimum Gasteiger partial charge on any atom is -0.465 e. The molecule has 3 aromatic carbocycles. The summed E-state index contributed by atoms with van der Waals surface area (Å²) in [7, 11) is 1.36. The second kappa shape index (κ2) is 7.56. The van der Waals surface area contributed by atoms with E-state index in [4.69, 9.17) is 4.74 Å². The maximum Gasteiger partial charge on any atom is 0.338 e. The zero-order chi connectivity index (χ0) is 19.5. The Labute approximate surface area is 163 Å². The molecule has 0 unspecified atom stereocenters. The first-order valence-electron chi connectivity index (χ1n) is 9.06. The van der Waals surface area contributed by atoms with Gasteiger partial charge in [0.15, 0.2) is 0 Å². The SMILES string of the molecule is COC(=O)c1ccccc1[C@@H]1Nc2ccccc2C(=O)N1Cc1ccccc1. The summed E-state index contributed by atoms with van der Waals surface area (Å²) >= 11 is 0. The molecule has 3 aromatic rings. The van der Waals surface area contributed by atoms with Crippen LogP contribution in [0.25, 0.3) is 0 Å². The van der Waals surface area contributed by atoms with Gasteiger partial charge in [0.2, 0.25) is 0 Å². The van der Waals surface area contributed by atoms with Crippen LogP contribution < -0.4 is 5.32 Å². The van der Waals surface area contributed by atoms with Crippen LogP contribution in [0.3, 0.4) is 0 Å². The summed E-state index contributed by atoms with van der Waals surface area (Å²) in [4.78, 5) is 27.4. The fourth-order valence-electron chi connectivity index (χ4n) is 3.51. The van der Waals surface area contributed by atoms with E-state index in [0.29, 0.717) is 23.2 Å². The van der Waals surface area contributed by atoms with Crippen LogP contribution in [-0.2, 0) is 11.3 Å². The highest BCUT2D eigenvalue weighted by molar-refractivity contribution is 6.02. The predicted molar refractivity (Wildman–Crippen MR) is 107 cm³/mol. The third kappa shape index (κ3) is 3.22. The van der Waals surface area contributed by atoms with Crippen molar-refractivity contribution in [2.24, 2.45) is 0 Å². The van der Waals surface area contributed by atoms with Crippen molar-refractivity contribution in [3.63, 3.8) is 0 Å². The summed E-state index contributed by atoms with van der Waals surface area (Å²) in [6.45, 7) is 0.418. The molecule has 0 aliphatic carbocycles. The molecule has 1 heterocycles. The minimum absolute atomic E-state index is 0.0807. The molecule has 0 saturated carbocycles. The maximum absolute atomic E-state index is 13.3. The Bertz CT molecular complexity index is 1020. The van der Waals surface area contributed by atoms with E-state index >= 15 is 0 Å². The first kappa shape index (κ1) is 17.8. The van der Waals surface area contributed by atoms with Gasteiger partial charge in [-0.25, -0.2) is 4.79 Å². The van der Waals surface area contributed by atoms with Gasteiger partial charge in [0.05, 0.1) is 18.2 Å². The van der Waals surface area contributed by atoms with Crippen molar-refractivity contribution in [3.05, 3.63) is 101 Å². The Morgan fingerprint density at radius 3 is 2.43 bits per heavy atom. The lowest BCUT2D eigenvalue weighted by Gasteiger charge is -2.38. The Morgan fingerprint density at radius 1 is 0.964 bits per heavy atom. The lowest BCUT2D eigenvalue weighted by molar-refractivity contribution is 0.0584. The number of carbonyl (C=O) groups excluding carboxylic acids is 2. The van der Waals surface area contributed by atoms with E-state index in [1.165, 1.54) is 7.11 Å². The van der Waals surface area contributed by atoms with E-state index in [0.717, 1.165) is 11.3 Å². The van der Waals surface area contributed by atoms with Crippen molar-refractivity contribution in [1.29, 1.82) is 0 Å². The Kier molecular flexibility index (Phi) is 4.81. The van der Waals surface area contributed by atoms with Gasteiger partial charge in [0, 0.05) is 17.8 Å². The molecule has 0 aromatic heterocycles. The summed E-state index contributed by atoms with van der Waals surface area (Å²) in [6.07, 6.45) is -0.488. The third-order valence-electron chi connectivity index (χ3n) is 4.88. The number of anilines is 1. The molecule has 1 aliphatic rings. The number of amides is 1. The Morgan fingerprint density at radius 2 is 1.64 bits per heavy atom. The van der Waals surface area contributed by atoms with Gasteiger partial charge in [-0.2, -0.15) is 0 Å². The first-order chi connectivity index (χ1) is 13.7. The molecule has 1 amide bonds. The van der Waals surface area contributed by atoms with Gasteiger partial charge in [0.1, 0.15) is 6.17 Å². The fourth-order valence-corrected chi connectivity index (χ4v) is 3.51. The van der Waals surface area contributed by atoms with Gasteiger partial charge in [-0.05, 0) is 23.8 Å². The summed E-state index contributed by atoms with van der Waals surface area (Å²) in [5, 5.41) is 3.43. The van der Waals surface area contributed by atoms with Crippen molar-refractivity contribution in [2.45, 2.75) is 12.7 Å². The molecule has 1 N–H and O–H groups in total. The largest absolute Gasteiger partial charge is 0.465 e. The summed E-state index contributed by atoms with van der Waals surface area (Å²) in [6, 6.07) is 24.4. The quantitative estimate of drug-likeness (QED) is 0.696. The van der Waals surface area contributed by atoms with E-state index in [1.807, 2.05) is 66.7 Å². The number of ether oxygens (including phenoxy) is 1. The molecule has 28 heavy (non-hydrogen) atoms. The number of hydrogen-bond acceptors (Lipinski definition) is 4. The van der Waals surface area contributed by atoms with Gasteiger partial charge < -0.3 is 15.0 Å². The third-order valence-corrected chi connectivity index (χ3v) is 4.88. The number of nitrogens with one attached hydrogen (secondary N) is 1. The van der Waals surface area contributed by atoms with Crippen LogP contribution in [0.2, 0.25) is 0 Å². The fraction of sp³-hybridized carbons (Fsp3) is 0.130. The number of carbonyl (C=O) groups is 2. The molecule has 5 heteroatoms. The summed E-state index contributed by atoms with van der Waals surface area (Å²) < 4.78 is 4.95. The van der Waals surface area contributed by atoms with E-state index in [1.54, 1.807) is 17.0 Å². The molecule has 1 aliphatic heterocycles. The molecule has 0 bridgehead atoms. The monoisotopic (exact) mass is 372 g/mol. The van der Waals surface area contributed by atoms with Gasteiger partial charge >= 0.3 is 5.97 Å². The van der Waals surface area contributed by atoms with Crippen molar-refractivity contribution in [2.75, 3.05) is 12.4 Å². The van der Waals surface area contributed by atoms with Crippen LogP contribution in [0.4, 0.5) is 5.69 Å². The van der Waals surface area contributed by atoms with Crippen molar-refractivity contribution in [1.82, 2.24) is 4.90 Å². The molecule has 0 radical (unpaired) electrons. The number of benzene rings is 3. The highest BCUT2D eigenvalue weighted by Crippen LogP contribution is 2.35. The van der Waals surface area contributed by atoms with Crippen molar-refractivity contribution >= 4 is 17.6 Å². The van der Waals surface area contributed by atoms with Crippen LogP contribution in [-0.4, -0.2) is 23.9 Å². The average molecular weight is 372 g/mol. The number of nitrogens with zero attached hydrogens (tertiary/aromatic N) is 1. The van der Waals surface area contributed by atoms with Crippen LogP contribution in [0.1, 0.15) is 38.0 Å². The van der Waals surface area contributed by atoms with Crippen LogP contribution in [0.5, 0.6) is 0 Å². The number of fused-ring (bicyclic) bond motifs is 1. The Hall–Kier alpha value is -3.60. The topological polar surface area (TPSA) is 58.6 Å². The van der Waals surface area contributed by atoms with E-state index in [2.05, 4.69) is 5.32 Å². The molecular formula is C23H20N2O3. The number of rotatable bonds is 4. The zero-order valence-electron chi connectivity index (χ0n) is 15.5. The normalized spacial score (nSPS) is 15.5. The molecule has 1 atom stereocenters. The molecule has 0 spiro atoms. The smallest absolute Gasteiger partial charge is 0.338 e. The van der Waals surface area contributed by atoms with Gasteiger partial charge in [-0.15, -0.1) is 0 Å². The van der Waals surface area contributed by atoms with Crippen LogP contribution in [0, 0.1) is 0 Å². The molecule has 0 saturated heterocycles. The van der Waals surface area contributed by atoms with Gasteiger partial charge in [-0.1, -0.05) is 60.7 Å². The molecule has 0 fully saturated rings.